The highest BCUT2D eigenvalue weighted by Gasteiger charge is 2.01. The lowest BCUT2D eigenvalue weighted by molar-refractivity contribution is 0.186. The molecule has 11 heavy (non-hydrogen) atoms. The van der Waals surface area contributed by atoms with E-state index in [0.29, 0.717) is 5.92 Å². The van der Waals surface area contributed by atoms with Gasteiger partial charge in [-0.1, -0.05) is 26.7 Å². The van der Waals surface area contributed by atoms with Gasteiger partial charge in [0.2, 0.25) is 0 Å². The molecule has 66 valence electrons. The fraction of sp³-hybridized carbons (Fsp3) is 0.778. The summed E-state index contributed by atoms with van der Waals surface area (Å²) in [4.78, 5) is 0. The van der Waals surface area contributed by atoms with Crippen LogP contribution in [-0.4, -0.2) is 6.61 Å². The van der Waals surface area contributed by atoms with Gasteiger partial charge in [0.1, 0.15) is 6.26 Å². The molecule has 0 aliphatic heterocycles. The largest absolute Gasteiger partial charge is 0.499 e. The van der Waals surface area contributed by atoms with Gasteiger partial charge in [-0.2, -0.15) is 0 Å². The van der Waals surface area contributed by atoms with Gasteiger partial charge in [0.25, 0.3) is 0 Å². The van der Waals surface area contributed by atoms with Crippen molar-refractivity contribution in [1.29, 1.82) is 0 Å². The quantitative estimate of drug-likeness (QED) is 0.621. The molecule has 0 aliphatic carbocycles. The molecule has 0 fully saturated rings. The van der Waals surface area contributed by atoms with Crippen LogP contribution in [0.2, 0.25) is 0 Å². The lowest BCUT2D eigenvalue weighted by atomic mass is 10.1. The van der Waals surface area contributed by atoms with Crippen LogP contribution in [0.3, 0.4) is 0 Å². The van der Waals surface area contributed by atoms with E-state index in [1.807, 2.05) is 6.92 Å². The summed E-state index contributed by atoms with van der Waals surface area (Å²) in [5.74, 6) is 0.672. The minimum absolute atomic E-state index is 0.672. The zero-order valence-electron chi connectivity index (χ0n) is 7.76. The van der Waals surface area contributed by atoms with Gasteiger partial charge in [0.15, 0.2) is 0 Å². The van der Waals surface area contributed by atoms with E-state index in [-0.39, 0.29) is 0 Å². The molecular formula is C9H19NO. The van der Waals surface area contributed by atoms with Gasteiger partial charge in [-0.25, -0.2) is 0 Å². The van der Waals surface area contributed by atoms with E-state index >= 15 is 0 Å². The highest BCUT2D eigenvalue weighted by atomic mass is 16.5. The van der Waals surface area contributed by atoms with E-state index in [1.165, 1.54) is 12.8 Å². The SMILES string of the molecule is CCC(CC)CO/C=C(/C)N. The second-order valence-corrected chi connectivity index (χ2v) is 2.88. The molecule has 2 N–H and O–H groups in total. The molecule has 0 heterocycles. The predicted octanol–water partition coefficient (Wildman–Crippen LogP) is 2.26. The molecule has 2 nitrogen and oxygen atoms in total. The van der Waals surface area contributed by atoms with Crippen molar-refractivity contribution in [2.75, 3.05) is 6.61 Å². The van der Waals surface area contributed by atoms with E-state index < -0.39 is 0 Å². The Morgan fingerprint density at radius 1 is 1.45 bits per heavy atom. The zero-order chi connectivity index (χ0) is 8.69. The van der Waals surface area contributed by atoms with Crippen molar-refractivity contribution >= 4 is 0 Å². The number of hydrogen-bond acceptors (Lipinski definition) is 2. The monoisotopic (exact) mass is 157 g/mol. The van der Waals surface area contributed by atoms with Crippen LogP contribution in [0.5, 0.6) is 0 Å². The minimum Gasteiger partial charge on any atom is -0.499 e. The molecule has 0 bridgehead atoms. The van der Waals surface area contributed by atoms with Crippen molar-refractivity contribution in [2.45, 2.75) is 33.6 Å². The van der Waals surface area contributed by atoms with Crippen LogP contribution >= 0.6 is 0 Å². The summed E-state index contributed by atoms with van der Waals surface area (Å²) >= 11 is 0. The Labute approximate surface area is 69.4 Å². The molecule has 0 saturated heterocycles. The maximum atomic E-state index is 5.40. The smallest absolute Gasteiger partial charge is 0.101 e. The minimum atomic E-state index is 0.672. The fourth-order valence-corrected chi connectivity index (χ4v) is 0.840. The summed E-state index contributed by atoms with van der Waals surface area (Å²) in [7, 11) is 0. The second-order valence-electron chi connectivity index (χ2n) is 2.88. The number of ether oxygens (including phenoxy) is 1. The van der Waals surface area contributed by atoms with E-state index in [0.717, 1.165) is 12.3 Å². The van der Waals surface area contributed by atoms with Gasteiger partial charge in [-0.05, 0) is 12.8 Å². The van der Waals surface area contributed by atoms with Crippen molar-refractivity contribution in [3.05, 3.63) is 12.0 Å². The van der Waals surface area contributed by atoms with Crippen LogP contribution in [0.15, 0.2) is 12.0 Å². The van der Waals surface area contributed by atoms with Crippen LogP contribution in [0, 0.1) is 5.92 Å². The lowest BCUT2D eigenvalue weighted by Crippen LogP contribution is -2.05. The third-order valence-electron chi connectivity index (χ3n) is 1.76. The van der Waals surface area contributed by atoms with Crippen LogP contribution in [0.25, 0.3) is 0 Å². The van der Waals surface area contributed by atoms with E-state index in [2.05, 4.69) is 13.8 Å². The summed E-state index contributed by atoms with van der Waals surface area (Å²) < 4.78 is 5.25. The molecule has 0 aromatic heterocycles. The van der Waals surface area contributed by atoms with Gasteiger partial charge in [0, 0.05) is 5.70 Å². The summed E-state index contributed by atoms with van der Waals surface area (Å²) in [5.41, 5.74) is 6.13. The standard InChI is InChI=1S/C9H19NO/c1-4-9(5-2)7-11-6-8(3)10/h6,9H,4-5,7,10H2,1-3H3/b8-6-. The van der Waals surface area contributed by atoms with Crippen LogP contribution in [0.4, 0.5) is 0 Å². The number of rotatable bonds is 5. The molecule has 0 amide bonds. The van der Waals surface area contributed by atoms with Gasteiger partial charge < -0.3 is 10.5 Å². The lowest BCUT2D eigenvalue weighted by Gasteiger charge is -2.10. The van der Waals surface area contributed by atoms with E-state index in [1.54, 1.807) is 6.26 Å². The first-order chi connectivity index (χ1) is 5.20. The second kappa shape index (κ2) is 6.08. The molecule has 2 heteroatoms. The number of hydrogen-bond donors (Lipinski definition) is 1. The van der Waals surface area contributed by atoms with Gasteiger partial charge in [0.05, 0.1) is 6.61 Å². The topological polar surface area (TPSA) is 35.2 Å². The first kappa shape index (κ1) is 10.3. The van der Waals surface area contributed by atoms with Crippen LogP contribution in [0.1, 0.15) is 33.6 Å². The first-order valence-corrected chi connectivity index (χ1v) is 4.24. The maximum Gasteiger partial charge on any atom is 0.101 e. The third-order valence-corrected chi connectivity index (χ3v) is 1.76. The van der Waals surface area contributed by atoms with Gasteiger partial charge in [-0.3, -0.25) is 0 Å². The molecule has 0 radical (unpaired) electrons. The predicted molar refractivity (Wildman–Crippen MR) is 48.0 cm³/mol. The molecule has 0 aromatic rings. The summed E-state index contributed by atoms with van der Waals surface area (Å²) in [6.07, 6.45) is 3.97. The Hall–Kier alpha value is -0.660. The van der Waals surface area contributed by atoms with Crippen molar-refractivity contribution in [3.63, 3.8) is 0 Å². The molecule has 0 rings (SSSR count). The molecule has 0 atom stereocenters. The summed E-state index contributed by atoms with van der Waals surface area (Å²) in [6, 6.07) is 0. The normalized spacial score (nSPS) is 12.2. The maximum absolute atomic E-state index is 5.40. The van der Waals surface area contributed by atoms with Gasteiger partial charge >= 0.3 is 0 Å². The number of allylic oxidation sites excluding steroid dienone is 1. The van der Waals surface area contributed by atoms with E-state index in [9.17, 15) is 0 Å². The average Bonchev–Trinajstić information content (AvgIpc) is 1.98. The Bertz CT molecular complexity index is 113. The molecule has 0 unspecified atom stereocenters. The Balaban J connectivity index is 3.43. The molecule has 0 saturated carbocycles. The van der Waals surface area contributed by atoms with E-state index in [4.69, 9.17) is 10.5 Å². The van der Waals surface area contributed by atoms with Crippen molar-refractivity contribution in [2.24, 2.45) is 11.7 Å². The third kappa shape index (κ3) is 5.77. The average molecular weight is 157 g/mol. The van der Waals surface area contributed by atoms with Crippen molar-refractivity contribution in [3.8, 4) is 0 Å². The Kier molecular flexibility index (Phi) is 5.71. The number of nitrogens with two attached hydrogens (primary N) is 1. The molecule has 0 spiro atoms. The van der Waals surface area contributed by atoms with Crippen LogP contribution < -0.4 is 5.73 Å². The Morgan fingerprint density at radius 3 is 2.36 bits per heavy atom. The highest BCUT2D eigenvalue weighted by Crippen LogP contribution is 2.07. The van der Waals surface area contributed by atoms with Crippen LogP contribution in [-0.2, 0) is 4.74 Å². The molecule has 0 aliphatic rings. The van der Waals surface area contributed by atoms with Crippen molar-refractivity contribution in [1.82, 2.24) is 0 Å². The fourth-order valence-electron chi connectivity index (χ4n) is 0.840. The summed E-state index contributed by atoms with van der Waals surface area (Å²) in [5, 5.41) is 0. The Morgan fingerprint density at radius 2 is 2.00 bits per heavy atom. The highest BCUT2D eigenvalue weighted by molar-refractivity contribution is 4.84. The van der Waals surface area contributed by atoms with Gasteiger partial charge in [-0.15, -0.1) is 0 Å². The molecular weight excluding hydrogens is 138 g/mol. The van der Waals surface area contributed by atoms with Crippen molar-refractivity contribution < 1.29 is 4.74 Å². The summed E-state index contributed by atoms with van der Waals surface area (Å²) in [6.45, 7) is 6.97. The first-order valence-electron chi connectivity index (χ1n) is 4.24. The zero-order valence-corrected chi connectivity index (χ0v) is 7.76. The molecule has 0 aromatic carbocycles.